The van der Waals surface area contributed by atoms with Crippen molar-refractivity contribution in [1.29, 1.82) is 0 Å². The zero-order valence-electron chi connectivity index (χ0n) is 14.5. The van der Waals surface area contributed by atoms with Crippen LogP contribution in [0.4, 0.5) is 0 Å². The van der Waals surface area contributed by atoms with Crippen LogP contribution in [0, 0.1) is 6.92 Å². The molecule has 1 saturated heterocycles. The van der Waals surface area contributed by atoms with E-state index in [-0.39, 0.29) is 0 Å². The lowest BCUT2D eigenvalue weighted by Crippen LogP contribution is -2.28. The number of pyridine rings is 1. The van der Waals surface area contributed by atoms with E-state index in [9.17, 15) is 0 Å². The maximum Gasteiger partial charge on any atom is 0.140 e. The van der Waals surface area contributed by atoms with Gasteiger partial charge in [0, 0.05) is 36.4 Å². The van der Waals surface area contributed by atoms with Crippen LogP contribution in [-0.4, -0.2) is 40.5 Å². The molecule has 0 amide bonds. The van der Waals surface area contributed by atoms with Crippen molar-refractivity contribution < 1.29 is 0 Å². The predicted octanol–water partition coefficient (Wildman–Crippen LogP) is 3.76. The van der Waals surface area contributed by atoms with Crippen molar-refractivity contribution in [2.75, 3.05) is 26.2 Å². The summed E-state index contributed by atoms with van der Waals surface area (Å²) in [4.78, 5) is 7.50. The molecule has 4 rings (SSSR count). The van der Waals surface area contributed by atoms with Gasteiger partial charge in [0.05, 0.1) is 11.4 Å². The van der Waals surface area contributed by atoms with Gasteiger partial charge < -0.3 is 9.72 Å². The third-order valence-electron chi connectivity index (χ3n) is 4.87. The lowest BCUT2D eigenvalue weighted by Gasteiger charge is -2.20. The molecule has 0 atom stereocenters. The normalized spacial score (nSPS) is 16.2. The van der Waals surface area contributed by atoms with E-state index in [0.717, 1.165) is 54.7 Å². The quantitative estimate of drug-likeness (QED) is 0.777. The fourth-order valence-corrected chi connectivity index (χ4v) is 3.64. The first-order valence-corrected chi connectivity index (χ1v) is 9.26. The third-order valence-corrected chi connectivity index (χ3v) is 5.12. The van der Waals surface area contributed by atoms with Crippen LogP contribution < -0.4 is 5.32 Å². The lowest BCUT2D eigenvalue weighted by molar-refractivity contribution is 0.281. The average Bonchev–Trinajstić information content (AvgIpc) is 2.79. The Bertz CT molecular complexity index is 861. The Hall–Kier alpha value is -1.88. The smallest absolute Gasteiger partial charge is 0.140 e. The Balaban J connectivity index is 1.80. The number of aromatic nitrogens is 2. The monoisotopic (exact) mass is 354 g/mol. The number of hydrogen-bond acceptors (Lipinski definition) is 3. The highest BCUT2D eigenvalue weighted by atomic mass is 35.5. The predicted molar refractivity (Wildman–Crippen MR) is 103 cm³/mol. The van der Waals surface area contributed by atoms with Crippen molar-refractivity contribution in [3.05, 3.63) is 58.9 Å². The molecule has 130 valence electrons. The van der Waals surface area contributed by atoms with Gasteiger partial charge in [-0.05, 0) is 50.2 Å². The minimum Gasteiger partial charge on any atom is -0.315 e. The molecular weight excluding hydrogens is 332 g/mol. The summed E-state index contributed by atoms with van der Waals surface area (Å²) in [6.45, 7) is 7.36. The third kappa shape index (κ3) is 3.43. The second-order valence-electron chi connectivity index (χ2n) is 6.68. The molecule has 1 aromatic carbocycles. The molecule has 2 aromatic heterocycles. The first kappa shape index (κ1) is 16.6. The summed E-state index contributed by atoms with van der Waals surface area (Å²) < 4.78 is 2.25. The van der Waals surface area contributed by atoms with E-state index in [1.807, 2.05) is 12.1 Å². The number of nitrogens with one attached hydrogen (secondary N) is 1. The lowest BCUT2D eigenvalue weighted by atomic mass is 10.1. The van der Waals surface area contributed by atoms with Crippen molar-refractivity contribution in [3.8, 4) is 11.3 Å². The van der Waals surface area contributed by atoms with Gasteiger partial charge in [0.1, 0.15) is 5.65 Å². The number of hydrogen-bond donors (Lipinski definition) is 1. The van der Waals surface area contributed by atoms with Crippen LogP contribution in [0.2, 0.25) is 5.02 Å². The Morgan fingerprint density at radius 3 is 2.80 bits per heavy atom. The molecular formula is C20H23ClN4. The van der Waals surface area contributed by atoms with Gasteiger partial charge in [0.2, 0.25) is 0 Å². The average molecular weight is 355 g/mol. The highest BCUT2D eigenvalue weighted by molar-refractivity contribution is 6.30. The first-order chi connectivity index (χ1) is 12.2. The van der Waals surface area contributed by atoms with Crippen LogP contribution in [0.5, 0.6) is 0 Å². The molecule has 1 aliphatic heterocycles. The number of rotatable bonds is 3. The molecule has 5 heteroatoms. The topological polar surface area (TPSA) is 32.6 Å². The van der Waals surface area contributed by atoms with E-state index in [0.29, 0.717) is 0 Å². The molecule has 0 spiro atoms. The molecule has 3 heterocycles. The van der Waals surface area contributed by atoms with Gasteiger partial charge in [-0.2, -0.15) is 0 Å². The fraction of sp³-hybridized carbons (Fsp3) is 0.350. The fourth-order valence-electron chi connectivity index (χ4n) is 3.51. The largest absolute Gasteiger partial charge is 0.315 e. The van der Waals surface area contributed by atoms with Crippen LogP contribution >= 0.6 is 11.6 Å². The molecule has 0 aliphatic carbocycles. The minimum atomic E-state index is 0.754. The summed E-state index contributed by atoms with van der Waals surface area (Å²) in [6.07, 6.45) is 3.31. The zero-order chi connectivity index (χ0) is 17.2. The highest BCUT2D eigenvalue weighted by Crippen LogP contribution is 2.28. The molecule has 4 nitrogen and oxygen atoms in total. The van der Waals surface area contributed by atoms with Crippen LogP contribution in [0.1, 0.15) is 17.7 Å². The SMILES string of the molecule is Cc1cccn2c(CN3CCCNCC3)c(-c3ccc(Cl)cc3)nc12. The van der Waals surface area contributed by atoms with Gasteiger partial charge in [-0.1, -0.05) is 29.8 Å². The number of halogens is 1. The Morgan fingerprint density at radius 1 is 1.12 bits per heavy atom. The van der Waals surface area contributed by atoms with E-state index in [1.54, 1.807) is 0 Å². The molecule has 0 saturated carbocycles. The summed E-state index contributed by atoms with van der Waals surface area (Å²) in [5.41, 5.74) is 5.67. The molecule has 25 heavy (non-hydrogen) atoms. The second kappa shape index (κ2) is 7.16. The summed E-state index contributed by atoms with van der Waals surface area (Å²) in [6, 6.07) is 12.2. The van der Waals surface area contributed by atoms with E-state index in [4.69, 9.17) is 16.6 Å². The van der Waals surface area contributed by atoms with Crippen LogP contribution in [0.15, 0.2) is 42.6 Å². The van der Waals surface area contributed by atoms with Gasteiger partial charge in [-0.25, -0.2) is 4.98 Å². The number of fused-ring (bicyclic) bond motifs is 1. The standard InChI is InChI=1S/C20H23ClN4/c1-15-4-2-12-25-18(14-24-11-3-9-22-10-13-24)19(23-20(15)25)16-5-7-17(21)8-6-16/h2,4-8,12,22H,3,9-11,13-14H2,1H3. The maximum absolute atomic E-state index is 6.08. The number of imidazole rings is 1. The first-order valence-electron chi connectivity index (χ1n) is 8.88. The van der Waals surface area contributed by atoms with E-state index in [2.05, 4.69) is 52.0 Å². The molecule has 0 radical (unpaired) electrons. The van der Waals surface area contributed by atoms with Crippen LogP contribution in [0.25, 0.3) is 16.9 Å². The summed E-state index contributed by atoms with van der Waals surface area (Å²) >= 11 is 6.08. The van der Waals surface area contributed by atoms with Gasteiger partial charge in [-0.15, -0.1) is 0 Å². The number of nitrogens with zero attached hydrogens (tertiary/aromatic N) is 3. The Kier molecular flexibility index (Phi) is 4.75. The molecule has 0 unspecified atom stereocenters. The van der Waals surface area contributed by atoms with Crippen LogP contribution in [0.3, 0.4) is 0 Å². The summed E-state index contributed by atoms with van der Waals surface area (Å²) in [5.74, 6) is 0. The van der Waals surface area contributed by atoms with Crippen molar-refractivity contribution in [3.63, 3.8) is 0 Å². The van der Waals surface area contributed by atoms with Crippen molar-refractivity contribution in [1.82, 2.24) is 19.6 Å². The molecule has 1 fully saturated rings. The molecule has 3 aromatic rings. The second-order valence-corrected chi connectivity index (χ2v) is 7.11. The van der Waals surface area contributed by atoms with Gasteiger partial charge in [-0.3, -0.25) is 4.90 Å². The summed E-state index contributed by atoms with van der Waals surface area (Å²) in [7, 11) is 0. The number of benzene rings is 1. The molecule has 1 N–H and O–H groups in total. The minimum absolute atomic E-state index is 0.754. The van der Waals surface area contributed by atoms with Gasteiger partial charge in [0.15, 0.2) is 0 Å². The zero-order valence-corrected chi connectivity index (χ0v) is 15.3. The number of aryl methyl sites for hydroxylation is 1. The van der Waals surface area contributed by atoms with Crippen molar-refractivity contribution in [2.45, 2.75) is 19.9 Å². The Labute approximate surface area is 153 Å². The summed E-state index contributed by atoms with van der Waals surface area (Å²) in [5, 5.41) is 4.23. The highest BCUT2D eigenvalue weighted by Gasteiger charge is 2.18. The van der Waals surface area contributed by atoms with E-state index in [1.165, 1.54) is 17.7 Å². The maximum atomic E-state index is 6.08. The molecule has 0 bridgehead atoms. The van der Waals surface area contributed by atoms with Gasteiger partial charge in [0.25, 0.3) is 0 Å². The van der Waals surface area contributed by atoms with E-state index < -0.39 is 0 Å². The van der Waals surface area contributed by atoms with E-state index >= 15 is 0 Å². The van der Waals surface area contributed by atoms with Crippen LogP contribution in [-0.2, 0) is 6.54 Å². The molecule has 1 aliphatic rings. The van der Waals surface area contributed by atoms with Gasteiger partial charge >= 0.3 is 0 Å². The van der Waals surface area contributed by atoms with Crippen molar-refractivity contribution in [2.24, 2.45) is 0 Å². The van der Waals surface area contributed by atoms with Crippen molar-refractivity contribution >= 4 is 17.2 Å². The Morgan fingerprint density at radius 2 is 1.96 bits per heavy atom.